The highest BCUT2D eigenvalue weighted by atomic mass is 79.9. The van der Waals surface area contributed by atoms with Crippen molar-refractivity contribution in [2.24, 2.45) is 5.73 Å². The van der Waals surface area contributed by atoms with E-state index < -0.39 is 0 Å². The van der Waals surface area contributed by atoms with E-state index >= 15 is 0 Å². The van der Waals surface area contributed by atoms with Gasteiger partial charge in [0.15, 0.2) is 0 Å². The maximum absolute atomic E-state index is 13.3. The molecular formula is C21H14BrFNO. The fraction of sp³-hybridized carbons (Fsp3) is 0.0476. The van der Waals surface area contributed by atoms with E-state index in [1.807, 2.05) is 24.3 Å². The van der Waals surface area contributed by atoms with E-state index in [1.165, 1.54) is 12.1 Å². The van der Waals surface area contributed by atoms with Crippen LogP contribution in [0.3, 0.4) is 0 Å². The van der Waals surface area contributed by atoms with Crippen molar-refractivity contribution in [3.63, 3.8) is 0 Å². The lowest BCUT2D eigenvalue weighted by atomic mass is 9.97. The Kier molecular flexibility index (Phi) is 4.15. The molecule has 0 aliphatic carbocycles. The standard InChI is InChI=1S/C21H14BrFNO/c22-20-18-11-15(13-4-2-1-3-5-13)10-17(21(18)25-19(20)12-24)14-6-8-16(23)9-7-14/h2-11H,12,24H2. The highest BCUT2D eigenvalue weighted by Gasteiger charge is 2.17. The molecule has 0 aliphatic rings. The van der Waals surface area contributed by atoms with E-state index in [-0.39, 0.29) is 5.82 Å². The molecule has 3 aromatic carbocycles. The molecule has 0 saturated heterocycles. The van der Waals surface area contributed by atoms with Crippen LogP contribution in [0.1, 0.15) is 5.76 Å². The fourth-order valence-electron chi connectivity index (χ4n) is 2.94. The molecule has 0 saturated carbocycles. The van der Waals surface area contributed by atoms with Crippen molar-refractivity contribution in [2.45, 2.75) is 6.54 Å². The van der Waals surface area contributed by atoms with Gasteiger partial charge in [0.25, 0.3) is 0 Å². The molecule has 0 fully saturated rings. The van der Waals surface area contributed by atoms with Gasteiger partial charge in [-0.25, -0.2) is 4.39 Å². The number of rotatable bonds is 3. The van der Waals surface area contributed by atoms with Crippen LogP contribution in [0.25, 0.3) is 33.2 Å². The number of hydrogen-bond acceptors (Lipinski definition) is 2. The third-order valence-corrected chi connectivity index (χ3v) is 5.06. The number of furan rings is 1. The number of nitrogens with two attached hydrogens (primary N) is 1. The summed E-state index contributed by atoms with van der Waals surface area (Å²) >= 11 is 3.60. The zero-order chi connectivity index (χ0) is 17.4. The monoisotopic (exact) mass is 394 g/mol. The lowest BCUT2D eigenvalue weighted by molar-refractivity contribution is 0.550. The minimum absolute atomic E-state index is 0.266. The van der Waals surface area contributed by atoms with E-state index in [2.05, 4.69) is 34.1 Å². The molecule has 4 aromatic rings. The van der Waals surface area contributed by atoms with Crippen molar-refractivity contribution in [3.05, 3.63) is 82.8 Å². The number of fused-ring (bicyclic) bond motifs is 1. The molecule has 25 heavy (non-hydrogen) atoms. The number of benzene rings is 3. The first-order valence-electron chi connectivity index (χ1n) is 7.85. The summed E-state index contributed by atoms with van der Waals surface area (Å²) in [6.45, 7) is 0.299. The van der Waals surface area contributed by atoms with Gasteiger partial charge in [-0.2, -0.15) is 0 Å². The summed E-state index contributed by atoms with van der Waals surface area (Å²) in [7, 11) is 0. The number of hydrogen-bond donors (Lipinski definition) is 1. The van der Waals surface area contributed by atoms with E-state index in [0.717, 1.165) is 37.7 Å². The molecule has 0 aliphatic heterocycles. The first kappa shape index (κ1) is 16.1. The van der Waals surface area contributed by atoms with Crippen LogP contribution in [0, 0.1) is 11.9 Å². The highest BCUT2D eigenvalue weighted by molar-refractivity contribution is 9.10. The van der Waals surface area contributed by atoms with Crippen LogP contribution in [-0.4, -0.2) is 0 Å². The molecular weight excluding hydrogens is 381 g/mol. The van der Waals surface area contributed by atoms with Crippen LogP contribution in [-0.2, 0) is 6.54 Å². The van der Waals surface area contributed by atoms with Crippen molar-refractivity contribution >= 4 is 26.9 Å². The van der Waals surface area contributed by atoms with Gasteiger partial charge in [-0.05, 0) is 63.0 Å². The summed E-state index contributed by atoms with van der Waals surface area (Å²) in [5.74, 6) is 0.426. The van der Waals surface area contributed by atoms with Crippen LogP contribution in [0.4, 0.5) is 4.39 Å². The third-order valence-electron chi connectivity index (χ3n) is 4.19. The Bertz CT molecular complexity index is 1040. The van der Waals surface area contributed by atoms with Crippen molar-refractivity contribution in [1.29, 1.82) is 0 Å². The van der Waals surface area contributed by atoms with Gasteiger partial charge in [0, 0.05) is 10.9 Å². The smallest absolute Gasteiger partial charge is 0.143 e. The van der Waals surface area contributed by atoms with Crippen molar-refractivity contribution in [3.8, 4) is 22.3 Å². The average Bonchev–Trinajstić information content (AvgIpc) is 2.98. The summed E-state index contributed by atoms with van der Waals surface area (Å²) in [5.41, 5.74) is 10.5. The van der Waals surface area contributed by atoms with Crippen molar-refractivity contribution in [1.82, 2.24) is 0 Å². The van der Waals surface area contributed by atoms with Gasteiger partial charge in [0.2, 0.25) is 0 Å². The first-order chi connectivity index (χ1) is 12.2. The van der Waals surface area contributed by atoms with E-state index in [4.69, 9.17) is 10.2 Å². The molecule has 2 nitrogen and oxygen atoms in total. The van der Waals surface area contributed by atoms with E-state index in [0.29, 0.717) is 12.3 Å². The molecule has 4 rings (SSSR count). The number of halogens is 2. The van der Waals surface area contributed by atoms with E-state index in [9.17, 15) is 4.39 Å². The first-order valence-corrected chi connectivity index (χ1v) is 8.64. The molecule has 0 amide bonds. The Morgan fingerprint density at radius 1 is 0.960 bits per heavy atom. The van der Waals surface area contributed by atoms with Gasteiger partial charge in [0.1, 0.15) is 17.2 Å². The van der Waals surface area contributed by atoms with E-state index in [1.54, 1.807) is 12.1 Å². The summed E-state index contributed by atoms with van der Waals surface area (Å²) in [5, 5.41) is 0.949. The average molecular weight is 395 g/mol. The van der Waals surface area contributed by atoms with Gasteiger partial charge in [-0.3, -0.25) is 0 Å². The summed E-state index contributed by atoms with van der Waals surface area (Å²) < 4.78 is 20.2. The fourth-order valence-corrected chi connectivity index (χ4v) is 3.48. The van der Waals surface area contributed by atoms with Crippen LogP contribution < -0.4 is 5.73 Å². The van der Waals surface area contributed by atoms with Crippen LogP contribution in [0.5, 0.6) is 0 Å². The molecule has 4 heteroatoms. The van der Waals surface area contributed by atoms with Crippen molar-refractivity contribution in [2.75, 3.05) is 0 Å². The van der Waals surface area contributed by atoms with Gasteiger partial charge >= 0.3 is 0 Å². The van der Waals surface area contributed by atoms with Crippen LogP contribution >= 0.6 is 15.9 Å². The molecule has 0 bridgehead atoms. The SMILES string of the molecule is NCc1oc2c(-c3ccc(F)cc3)cc(-c3cc[c]cc3)cc2c1Br. The Morgan fingerprint density at radius 2 is 1.68 bits per heavy atom. The molecule has 0 atom stereocenters. The summed E-state index contributed by atoms with van der Waals surface area (Å²) in [6.07, 6.45) is 0. The Labute approximate surface area is 153 Å². The van der Waals surface area contributed by atoms with Gasteiger partial charge in [0.05, 0.1) is 11.0 Å². The summed E-state index contributed by atoms with van der Waals surface area (Å²) in [6, 6.07) is 21.4. The molecule has 2 N–H and O–H groups in total. The third kappa shape index (κ3) is 2.88. The van der Waals surface area contributed by atoms with Crippen molar-refractivity contribution < 1.29 is 8.81 Å². The normalized spacial score (nSPS) is 11.2. The molecule has 0 spiro atoms. The molecule has 1 radical (unpaired) electrons. The Morgan fingerprint density at radius 3 is 2.36 bits per heavy atom. The second kappa shape index (κ2) is 6.47. The molecule has 0 unspecified atom stereocenters. The Hall–Kier alpha value is -2.43. The second-order valence-electron chi connectivity index (χ2n) is 5.74. The highest BCUT2D eigenvalue weighted by Crippen LogP contribution is 2.40. The minimum atomic E-state index is -0.266. The predicted octanol–water partition coefficient (Wildman–Crippen LogP) is 5.93. The van der Waals surface area contributed by atoms with Gasteiger partial charge in [-0.15, -0.1) is 0 Å². The quantitative estimate of drug-likeness (QED) is 0.467. The zero-order valence-corrected chi connectivity index (χ0v) is 14.8. The molecule has 1 aromatic heterocycles. The lowest BCUT2D eigenvalue weighted by Gasteiger charge is -2.08. The predicted molar refractivity (Wildman–Crippen MR) is 101 cm³/mol. The zero-order valence-electron chi connectivity index (χ0n) is 13.2. The molecule has 1 heterocycles. The topological polar surface area (TPSA) is 39.2 Å². The largest absolute Gasteiger partial charge is 0.458 e. The summed E-state index contributed by atoms with van der Waals surface area (Å²) in [4.78, 5) is 0. The Balaban J connectivity index is 2.03. The van der Waals surface area contributed by atoms with Crippen LogP contribution in [0.2, 0.25) is 0 Å². The van der Waals surface area contributed by atoms with Gasteiger partial charge < -0.3 is 10.2 Å². The van der Waals surface area contributed by atoms with Crippen LogP contribution in [0.15, 0.2) is 69.6 Å². The minimum Gasteiger partial charge on any atom is -0.458 e. The second-order valence-corrected chi connectivity index (χ2v) is 6.53. The maximum atomic E-state index is 13.3. The molecule has 123 valence electrons. The van der Waals surface area contributed by atoms with Gasteiger partial charge in [-0.1, -0.05) is 36.4 Å². The maximum Gasteiger partial charge on any atom is 0.143 e. The lowest BCUT2D eigenvalue weighted by Crippen LogP contribution is -1.93.